The van der Waals surface area contributed by atoms with Crippen LogP contribution < -0.4 is 32.7 Å². The van der Waals surface area contributed by atoms with Gasteiger partial charge in [-0.05, 0) is 35.1 Å². The molecule has 0 bridgehead atoms. The zero-order valence-electron chi connectivity index (χ0n) is 40.8. The molecule has 8 unspecified atom stereocenters. The van der Waals surface area contributed by atoms with E-state index in [0.717, 1.165) is 33.0 Å². The van der Waals surface area contributed by atoms with Crippen molar-refractivity contribution in [3.63, 3.8) is 0 Å². The minimum Gasteiger partial charge on any atom is -0.481 e. The van der Waals surface area contributed by atoms with Crippen LogP contribution in [-0.2, 0) is 65.1 Å². The number of rotatable bonds is 29. The highest BCUT2D eigenvalue weighted by molar-refractivity contribution is 8.76. The van der Waals surface area contributed by atoms with Crippen molar-refractivity contribution >= 4 is 92.6 Å². The van der Waals surface area contributed by atoms with Gasteiger partial charge >= 0.3 is 53.2 Å². The molecule has 0 spiro atoms. The summed E-state index contributed by atoms with van der Waals surface area (Å²) in [5, 5.41) is 47.6. The van der Waals surface area contributed by atoms with Crippen LogP contribution in [0.25, 0.3) is 11.1 Å². The van der Waals surface area contributed by atoms with E-state index < -0.39 is 127 Å². The summed E-state index contributed by atoms with van der Waals surface area (Å²) in [5.41, 5.74) is 8.61. The van der Waals surface area contributed by atoms with Crippen molar-refractivity contribution in [3.05, 3.63) is 81.9 Å². The van der Waals surface area contributed by atoms with Crippen molar-refractivity contribution in [1.29, 1.82) is 0 Å². The number of anilines is 1. The number of carboxylic acids is 3. The SMILES string of the molecule is Nc1nc(=O)n(C2CC(O)C(COP(=O)(O)OP(=O)(O)OP(=O)(O)O)O2)cc1C#CCNC(=O)CCSSCCCC(NC(=O)OCC1c2ccccc2-c2ccccc21)C(=O)NC(CC(=O)O)C(=O)NC(CC(=O)O)C(=O)O. The van der Waals surface area contributed by atoms with Gasteiger partial charge in [-0.2, -0.15) is 13.6 Å². The molecule has 14 N–H and O–H groups in total. The van der Waals surface area contributed by atoms with Crippen molar-refractivity contribution in [3.8, 4) is 23.0 Å². The van der Waals surface area contributed by atoms with Crippen molar-refractivity contribution in [2.75, 3.05) is 37.0 Å². The minimum atomic E-state index is -5.82. The maximum Gasteiger partial charge on any atom is 0.490 e. The van der Waals surface area contributed by atoms with Gasteiger partial charge in [-0.1, -0.05) is 82.0 Å². The molecule has 2 aliphatic rings. The predicted molar refractivity (Wildman–Crippen MR) is 274 cm³/mol. The van der Waals surface area contributed by atoms with E-state index >= 15 is 0 Å². The Balaban J connectivity index is 1.11. The molecule has 31 nitrogen and oxygen atoms in total. The average molecular weight is 1210 g/mol. The third kappa shape index (κ3) is 20.1. The molecule has 2 aromatic carbocycles. The summed E-state index contributed by atoms with van der Waals surface area (Å²) < 4.78 is 58.3. The van der Waals surface area contributed by atoms with E-state index in [0.29, 0.717) is 5.75 Å². The number of aliphatic hydroxyl groups excluding tert-OH is 1. The molecular weight excluding hydrogens is 1160 g/mol. The summed E-state index contributed by atoms with van der Waals surface area (Å²) in [5.74, 6) is -2.41. The zero-order valence-corrected chi connectivity index (χ0v) is 45.1. The lowest BCUT2D eigenvalue weighted by Crippen LogP contribution is -2.56. The number of phosphoric acid groups is 3. The van der Waals surface area contributed by atoms with Crippen LogP contribution in [0, 0.1) is 11.8 Å². The van der Waals surface area contributed by atoms with Crippen LogP contribution in [0.2, 0.25) is 0 Å². The molecule has 2 heterocycles. The lowest BCUT2D eigenvalue weighted by molar-refractivity contribution is -0.148. The molecule has 1 aromatic heterocycles. The van der Waals surface area contributed by atoms with E-state index in [1.807, 2.05) is 53.8 Å². The third-order valence-electron chi connectivity index (χ3n) is 11.1. The zero-order chi connectivity index (χ0) is 58.2. The summed E-state index contributed by atoms with van der Waals surface area (Å²) in [6.07, 6.45) is -6.40. The molecule has 0 saturated carbocycles. The number of carbonyl (C=O) groups excluding carboxylic acids is 4. The van der Waals surface area contributed by atoms with Crippen molar-refractivity contribution in [2.45, 2.75) is 81.0 Å². The topological polar surface area (TPSA) is 488 Å². The Kier molecular flexibility index (Phi) is 23.2. The van der Waals surface area contributed by atoms with Gasteiger partial charge in [0.05, 0.1) is 37.7 Å². The van der Waals surface area contributed by atoms with Gasteiger partial charge in [-0.3, -0.25) is 33.1 Å². The number of hydrogen-bond donors (Lipinski definition) is 13. The Morgan fingerprint density at radius 1 is 0.810 bits per heavy atom. The highest BCUT2D eigenvalue weighted by Crippen LogP contribution is 2.66. The number of nitrogens with two attached hydrogens (primary N) is 1. The fourth-order valence-corrected chi connectivity index (χ4v) is 12.7. The Bertz CT molecular complexity index is 3000. The lowest BCUT2D eigenvalue weighted by Gasteiger charge is -2.23. The molecule has 1 aliphatic heterocycles. The number of ether oxygens (including phenoxy) is 2. The van der Waals surface area contributed by atoms with Crippen molar-refractivity contribution in [2.24, 2.45) is 0 Å². The largest absolute Gasteiger partial charge is 0.490 e. The Hall–Kier alpha value is -6.20. The Labute approximate surface area is 454 Å². The van der Waals surface area contributed by atoms with Gasteiger partial charge in [0.25, 0.3) is 0 Å². The number of aromatic nitrogens is 2. The first-order chi connectivity index (χ1) is 37.1. The number of carboxylic acid groups (broad SMARTS) is 3. The molecule has 0 radical (unpaired) electrons. The number of aliphatic carboxylic acids is 3. The summed E-state index contributed by atoms with van der Waals surface area (Å²) in [4.78, 5) is 140. The molecule has 1 saturated heterocycles. The highest BCUT2D eigenvalue weighted by atomic mass is 33.1. The number of nitrogens with zero attached hydrogens (tertiary/aromatic N) is 2. The van der Waals surface area contributed by atoms with Crippen LogP contribution in [0.3, 0.4) is 0 Å². The molecule has 5 rings (SSSR count). The van der Waals surface area contributed by atoms with Gasteiger partial charge < -0.3 is 76.5 Å². The number of nitrogen functional groups attached to an aromatic ring is 1. The maximum atomic E-state index is 13.7. The fourth-order valence-electron chi connectivity index (χ4n) is 7.61. The maximum absolute atomic E-state index is 13.7. The smallest absolute Gasteiger partial charge is 0.481 e. The van der Waals surface area contributed by atoms with Crippen LogP contribution in [0.5, 0.6) is 0 Å². The monoisotopic (exact) mass is 1210 g/mol. The lowest BCUT2D eigenvalue weighted by atomic mass is 9.98. The number of alkyl carbamates (subject to hydrolysis) is 1. The average Bonchev–Trinajstić information content (AvgIpc) is 4.06. The minimum absolute atomic E-state index is 0.00902. The second kappa shape index (κ2) is 28.8. The number of aliphatic hydroxyl groups is 1. The van der Waals surface area contributed by atoms with Gasteiger partial charge in [0, 0.05) is 36.5 Å². The number of amides is 4. The van der Waals surface area contributed by atoms with Crippen LogP contribution >= 0.6 is 45.1 Å². The van der Waals surface area contributed by atoms with Gasteiger partial charge in [0.1, 0.15) is 42.9 Å². The quantitative estimate of drug-likeness (QED) is 0.0197. The second-order valence-corrected chi connectivity index (χ2v) is 24.0. The van der Waals surface area contributed by atoms with Crippen LogP contribution in [0.4, 0.5) is 10.6 Å². The number of benzene rings is 2. The molecule has 3 aromatic rings. The predicted octanol–water partition coefficient (Wildman–Crippen LogP) is 0.748. The summed E-state index contributed by atoms with van der Waals surface area (Å²) in [6.45, 7) is -1.33. The van der Waals surface area contributed by atoms with Crippen LogP contribution in [0.1, 0.15) is 67.4 Å². The summed E-state index contributed by atoms with van der Waals surface area (Å²) >= 11 is 0. The van der Waals surface area contributed by atoms with Gasteiger partial charge in [0.2, 0.25) is 17.7 Å². The number of carbonyl (C=O) groups is 7. The first kappa shape index (κ1) is 63.6. The third-order valence-corrected chi connectivity index (χ3v) is 17.4. The molecule has 1 fully saturated rings. The molecule has 8 atom stereocenters. The standard InChI is InChI=1S/C43H52N7O24P3S2/c44-38-23(20-50(42(61)49-38)35-19-32(51)33(72-35)22-71-76(66,67)74-77(68,69)73-75(63,64)65)7-5-14-45-34(52)13-16-79-78-15-6-12-29(39(57)46-30(17-36(53)54)40(58)47-31(41(59)60)18-37(55)56)48-43(62)70-21-28-26-10-3-1-8-24(26)25-9-2-4-11-27(25)28/h1-4,8-11,20,28-33,35,51H,6,12-19,21-22H2,(H,45,52)(H,46,57)(H,47,58)(H,48,62)(H,53,54)(H,55,56)(H,59,60)(H,66,67)(H,68,69)(H2,44,49,61)(H2,63,64,65). The normalized spacial score (nSPS) is 18.4. The first-order valence-corrected chi connectivity index (χ1v) is 30.0. The van der Waals surface area contributed by atoms with E-state index in [1.165, 1.54) is 21.6 Å². The second-order valence-electron chi connectivity index (χ2n) is 16.8. The van der Waals surface area contributed by atoms with Gasteiger partial charge in [0.15, 0.2) is 0 Å². The fraction of sp³-hybridized carbons (Fsp3) is 0.419. The van der Waals surface area contributed by atoms with Gasteiger partial charge in [-0.15, -0.1) is 0 Å². The molecular formula is C43H52N7O24P3S2. The molecule has 36 heteroatoms. The van der Waals surface area contributed by atoms with Crippen LogP contribution in [0.15, 0.2) is 59.5 Å². The van der Waals surface area contributed by atoms with E-state index in [1.54, 1.807) is 0 Å². The molecule has 4 amide bonds. The van der Waals surface area contributed by atoms with Crippen molar-refractivity contribution < 1.29 is 110 Å². The van der Waals surface area contributed by atoms with Gasteiger partial charge in [-0.25, -0.2) is 28.1 Å². The van der Waals surface area contributed by atoms with Crippen LogP contribution in [-0.4, -0.2) is 153 Å². The van der Waals surface area contributed by atoms with Crippen molar-refractivity contribution in [1.82, 2.24) is 30.8 Å². The summed E-state index contributed by atoms with van der Waals surface area (Å²) in [6, 6.07) is 9.81. The van der Waals surface area contributed by atoms with E-state index in [-0.39, 0.29) is 61.9 Å². The van der Waals surface area contributed by atoms with E-state index in [2.05, 4.69) is 45.9 Å². The Morgan fingerprint density at radius 2 is 1.41 bits per heavy atom. The number of hydrogen-bond acceptors (Lipinski definition) is 21. The number of nitrogens with one attached hydrogen (secondary N) is 4. The molecule has 1 aliphatic carbocycles. The Morgan fingerprint density at radius 3 is 2.03 bits per heavy atom. The number of phosphoric ester groups is 1. The van der Waals surface area contributed by atoms with E-state index in [9.17, 15) is 77.2 Å². The number of fused-ring (bicyclic) bond motifs is 3. The summed E-state index contributed by atoms with van der Waals surface area (Å²) in [7, 11) is -14.4. The first-order valence-electron chi connectivity index (χ1n) is 23.0. The highest BCUT2D eigenvalue weighted by Gasteiger charge is 2.43. The van der Waals surface area contributed by atoms with E-state index in [4.69, 9.17) is 30.1 Å². The molecule has 430 valence electrons. The molecule has 79 heavy (non-hydrogen) atoms.